The first-order valence-electron chi connectivity index (χ1n) is 3.50. The van der Waals surface area contributed by atoms with Gasteiger partial charge in [0.25, 0.3) is 0 Å². The number of hydrogen-bond donors (Lipinski definition) is 0. The van der Waals surface area contributed by atoms with Crippen LogP contribution in [0.1, 0.15) is 6.92 Å². The predicted molar refractivity (Wildman–Crippen MR) is 52.0 cm³/mol. The summed E-state index contributed by atoms with van der Waals surface area (Å²) in [6, 6.07) is 8.13. The van der Waals surface area contributed by atoms with Crippen molar-refractivity contribution in [3.63, 3.8) is 0 Å². The van der Waals surface area contributed by atoms with Crippen molar-refractivity contribution in [2.75, 3.05) is 6.26 Å². The molecule has 0 atom stereocenters. The van der Waals surface area contributed by atoms with Crippen LogP contribution >= 0.6 is 11.8 Å². The summed E-state index contributed by atoms with van der Waals surface area (Å²) >= 11 is 1.72. The summed E-state index contributed by atoms with van der Waals surface area (Å²) in [7, 11) is 0. The molecule has 0 aliphatic carbocycles. The van der Waals surface area contributed by atoms with E-state index in [1.54, 1.807) is 11.8 Å². The summed E-state index contributed by atoms with van der Waals surface area (Å²) in [5.74, 6) is 0. The maximum atomic E-state index is 4.23. The summed E-state index contributed by atoms with van der Waals surface area (Å²) in [6.07, 6.45) is 3.87. The van der Waals surface area contributed by atoms with Gasteiger partial charge in [0, 0.05) is 11.1 Å². The zero-order valence-corrected chi connectivity index (χ0v) is 7.56. The smallest absolute Gasteiger partial charge is 0.0761 e. The van der Waals surface area contributed by atoms with Crippen LogP contribution in [0.4, 0.5) is 5.69 Å². The van der Waals surface area contributed by atoms with Crippen molar-refractivity contribution in [3.05, 3.63) is 24.3 Å². The van der Waals surface area contributed by atoms with Crippen LogP contribution < -0.4 is 0 Å². The van der Waals surface area contributed by atoms with Crippen LogP contribution in [0.2, 0.25) is 0 Å². The molecule has 0 heterocycles. The number of hydrogen-bond acceptors (Lipinski definition) is 2. The first kappa shape index (κ1) is 8.34. The monoisotopic (exact) mass is 165 g/mol. The van der Waals surface area contributed by atoms with Crippen LogP contribution in [0.5, 0.6) is 0 Å². The van der Waals surface area contributed by atoms with E-state index in [-0.39, 0.29) is 0 Å². The minimum Gasteiger partial charge on any atom is -0.260 e. The van der Waals surface area contributed by atoms with Gasteiger partial charge in [0.1, 0.15) is 0 Å². The summed E-state index contributed by atoms with van der Waals surface area (Å²) in [6.45, 7) is 1.93. The summed E-state index contributed by atoms with van der Waals surface area (Å²) in [5.41, 5.74) is 1.06. The first-order chi connectivity index (χ1) is 5.38. The van der Waals surface area contributed by atoms with E-state index in [1.165, 1.54) is 4.90 Å². The number of thioether (sulfide) groups is 1. The Kier molecular flexibility index (Phi) is 3.17. The minimum atomic E-state index is 1.06. The van der Waals surface area contributed by atoms with E-state index in [0.29, 0.717) is 0 Å². The van der Waals surface area contributed by atoms with Gasteiger partial charge in [0.05, 0.1) is 5.69 Å². The second-order valence-corrected chi connectivity index (χ2v) is 2.91. The fourth-order valence-corrected chi connectivity index (χ4v) is 1.42. The van der Waals surface area contributed by atoms with Crippen molar-refractivity contribution in [2.24, 2.45) is 4.99 Å². The zero-order chi connectivity index (χ0) is 8.10. The zero-order valence-electron chi connectivity index (χ0n) is 6.74. The van der Waals surface area contributed by atoms with E-state index < -0.39 is 0 Å². The number of para-hydroxylation sites is 1. The van der Waals surface area contributed by atoms with Gasteiger partial charge >= 0.3 is 0 Å². The van der Waals surface area contributed by atoms with Crippen LogP contribution in [0.15, 0.2) is 34.2 Å². The number of nitrogens with zero attached hydrogens (tertiary/aromatic N) is 1. The second kappa shape index (κ2) is 4.19. The Morgan fingerprint density at radius 1 is 1.36 bits per heavy atom. The normalized spacial score (nSPS) is 10.7. The highest BCUT2D eigenvalue weighted by Gasteiger charge is 1.94. The highest BCUT2D eigenvalue weighted by molar-refractivity contribution is 7.98. The lowest BCUT2D eigenvalue weighted by Crippen LogP contribution is -1.71. The van der Waals surface area contributed by atoms with Crippen molar-refractivity contribution < 1.29 is 0 Å². The molecule has 1 aromatic carbocycles. The highest BCUT2D eigenvalue weighted by atomic mass is 32.2. The van der Waals surface area contributed by atoms with E-state index in [9.17, 15) is 0 Å². The van der Waals surface area contributed by atoms with Crippen molar-refractivity contribution >= 4 is 23.7 Å². The quantitative estimate of drug-likeness (QED) is 0.484. The van der Waals surface area contributed by atoms with Gasteiger partial charge < -0.3 is 0 Å². The average molecular weight is 165 g/mol. The third-order valence-electron chi connectivity index (χ3n) is 1.35. The van der Waals surface area contributed by atoms with Crippen molar-refractivity contribution in [2.45, 2.75) is 11.8 Å². The molecule has 0 aromatic heterocycles. The molecule has 1 nitrogen and oxygen atoms in total. The van der Waals surface area contributed by atoms with E-state index in [1.807, 2.05) is 31.3 Å². The first-order valence-corrected chi connectivity index (χ1v) is 4.72. The van der Waals surface area contributed by atoms with Crippen LogP contribution in [-0.2, 0) is 0 Å². The molecule has 1 aromatic rings. The minimum absolute atomic E-state index is 1.06. The third-order valence-corrected chi connectivity index (χ3v) is 2.14. The summed E-state index contributed by atoms with van der Waals surface area (Å²) < 4.78 is 0. The Morgan fingerprint density at radius 3 is 2.73 bits per heavy atom. The van der Waals surface area contributed by atoms with Gasteiger partial charge in [-0.15, -0.1) is 11.8 Å². The average Bonchev–Trinajstić information content (AvgIpc) is 2.06. The molecule has 58 valence electrons. The SMILES string of the molecule is CC=Nc1ccccc1SC. The standard InChI is InChI=1S/C9H11NS/c1-3-10-8-6-4-5-7-9(8)11-2/h3-7H,1-2H3. The molecule has 0 fully saturated rings. The lowest BCUT2D eigenvalue weighted by atomic mass is 10.3. The van der Waals surface area contributed by atoms with Gasteiger partial charge in [-0.05, 0) is 25.3 Å². The van der Waals surface area contributed by atoms with E-state index in [4.69, 9.17) is 0 Å². The number of aliphatic imine (C=N–C) groups is 1. The Balaban J connectivity index is 3.02. The maximum Gasteiger partial charge on any atom is 0.0761 e. The molecule has 0 radical (unpaired) electrons. The van der Waals surface area contributed by atoms with Gasteiger partial charge in [-0.1, -0.05) is 12.1 Å². The second-order valence-electron chi connectivity index (χ2n) is 2.06. The Bertz CT molecular complexity index is 255. The molecule has 0 N–H and O–H groups in total. The van der Waals surface area contributed by atoms with Crippen molar-refractivity contribution in [3.8, 4) is 0 Å². The maximum absolute atomic E-state index is 4.23. The Labute approximate surface area is 71.5 Å². The lowest BCUT2D eigenvalue weighted by Gasteiger charge is -1.99. The van der Waals surface area contributed by atoms with E-state index in [2.05, 4.69) is 17.3 Å². The van der Waals surface area contributed by atoms with Crippen LogP contribution in [-0.4, -0.2) is 12.5 Å². The fraction of sp³-hybridized carbons (Fsp3) is 0.222. The molecule has 0 saturated carbocycles. The molecule has 0 saturated heterocycles. The molecule has 2 heteroatoms. The Morgan fingerprint density at radius 2 is 2.09 bits per heavy atom. The lowest BCUT2D eigenvalue weighted by molar-refractivity contribution is 1.38. The molecule has 0 spiro atoms. The molecule has 0 aliphatic rings. The van der Waals surface area contributed by atoms with Gasteiger partial charge in [-0.2, -0.15) is 0 Å². The van der Waals surface area contributed by atoms with Gasteiger partial charge in [0.15, 0.2) is 0 Å². The molecule has 0 unspecified atom stereocenters. The van der Waals surface area contributed by atoms with Gasteiger partial charge in [0.2, 0.25) is 0 Å². The largest absolute Gasteiger partial charge is 0.260 e. The molecule has 11 heavy (non-hydrogen) atoms. The predicted octanol–water partition coefficient (Wildman–Crippen LogP) is 3.13. The van der Waals surface area contributed by atoms with Gasteiger partial charge in [-0.25, -0.2) is 0 Å². The van der Waals surface area contributed by atoms with Crippen LogP contribution in [0.3, 0.4) is 0 Å². The Hall–Kier alpha value is -0.760. The molecular formula is C9H11NS. The molecule has 1 rings (SSSR count). The van der Waals surface area contributed by atoms with E-state index in [0.717, 1.165) is 5.69 Å². The molecular weight excluding hydrogens is 154 g/mol. The van der Waals surface area contributed by atoms with Crippen molar-refractivity contribution in [1.29, 1.82) is 0 Å². The van der Waals surface area contributed by atoms with Crippen LogP contribution in [0, 0.1) is 0 Å². The fourth-order valence-electron chi connectivity index (χ4n) is 0.876. The third kappa shape index (κ3) is 2.09. The molecule has 0 aliphatic heterocycles. The number of benzene rings is 1. The molecule has 0 amide bonds. The highest BCUT2D eigenvalue weighted by Crippen LogP contribution is 2.26. The van der Waals surface area contributed by atoms with Crippen LogP contribution in [0.25, 0.3) is 0 Å². The summed E-state index contributed by atoms with van der Waals surface area (Å²) in [5, 5.41) is 0. The van der Waals surface area contributed by atoms with Gasteiger partial charge in [-0.3, -0.25) is 4.99 Å². The number of rotatable bonds is 2. The summed E-state index contributed by atoms with van der Waals surface area (Å²) in [4.78, 5) is 5.46. The molecule has 0 bridgehead atoms. The topological polar surface area (TPSA) is 12.4 Å². The van der Waals surface area contributed by atoms with Crippen molar-refractivity contribution in [1.82, 2.24) is 0 Å². The van der Waals surface area contributed by atoms with E-state index >= 15 is 0 Å².